The lowest BCUT2D eigenvalue weighted by molar-refractivity contribution is 0.0942. The molecule has 3 heterocycles. The van der Waals surface area contributed by atoms with Crippen molar-refractivity contribution in [2.75, 3.05) is 26.2 Å². The average molecular weight is 359 g/mol. The number of aryl methyl sites for hydroxylation is 1. The fourth-order valence-corrected chi connectivity index (χ4v) is 4.73. The molecule has 2 aliphatic rings. The van der Waals surface area contributed by atoms with Crippen LogP contribution in [0.4, 0.5) is 0 Å². The first-order valence-corrected chi connectivity index (χ1v) is 10.3. The summed E-state index contributed by atoms with van der Waals surface area (Å²) >= 11 is 1.75. The molecule has 1 aliphatic heterocycles. The number of fused-ring (bicyclic) bond motifs is 3. The lowest BCUT2D eigenvalue weighted by Crippen LogP contribution is -2.31. The van der Waals surface area contributed by atoms with E-state index in [4.69, 9.17) is 4.52 Å². The Labute approximate surface area is 152 Å². The van der Waals surface area contributed by atoms with E-state index in [9.17, 15) is 4.79 Å². The largest absolute Gasteiger partial charge is 0.355 e. The molecule has 5 nitrogen and oxygen atoms in total. The van der Waals surface area contributed by atoms with Crippen LogP contribution in [0.1, 0.15) is 53.0 Å². The molecule has 0 unspecified atom stereocenters. The highest BCUT2D eigenvalue weighted by molar-refractivity contribution is 7.10. The molecule has 1 N–H and O–H groups in total. The zero-order valence-corrected chi connectivity index (χ0v) is 15.4. The van der Waals surface area contributed by atoms with Crippen molar-refractivity contribution in [2.45, 2.75) is 44.9 Å². The van der Waals surface area contributed by atoms with E-state index in [-0.39, 0.29) is 5.91 Å². The standard InChI is InChI=1S/C19H25N3O2S/c23-19(20-9-5-12-22-10-3-1-2-4-11-22)17-15-6-7-16-14(8-13-25-16)18(15)24-21-17/h8,13H,1-7,9-12H2,(H,20,23). The molecule has 1 amide bonds. The molecule has 0 radical (unpaired) electrons. The Hall–Kier alpha value is -1.66. The van der Waals surface area contributed by atoms with Gasteiger partial charge in [0.1, 0.15) is 0 Å². The van der Waals surface area contributed by atoms with Crippen molar-refractivity contribution in [3.05, 3.63) is 27.6 Å². The Morgan fingerprint density at radius 2 is 2.08 bits per heavy atom. The molecule has 1 aliphatic carbocycles. The lowest BCUT2D eigenvalue weighted by Gasteiger charge is -2.19. The van der Waals surface area contributed by atoms with Crippen LogP contribution in [0.15, 0.2) is 16.0 Å². The first kappa shape index (κ1) is 16.8. The van der Waals surface area contributed by atoms with Crippen molar-refractivity contribution >= 4 is 17.2 Å². The Morgan fingerprint density at radius 3 is 2.92 bits per heavy atom. The molecule has 0 saturated carbocycles. The van der Waals surface area contributed by atoms with Crippen LogP contribution >= 0.6 is 11.3 Å². The SMILES string of the molecule is O=C(NCCCN1CCCCCC1)c1noc2c1CCc1sccc1-2. The number of nitrogens with zero attached hydrogens (tertiary/aromatic N) is 2. The normalized spacial score (nSPS) is 17.6. The number of likely N-dealkylation sites (tertiary alicyclic amines) is 1. The second-order valence-corrected chi connectivity index (χ2v) is 7.96. The molecule has 6 heteroatoms. The van der Waals surface area contributed by atoms with Crippen molar-refractivity contribution in [1.82, 2.24) is 15.4 Å². The summed E-state index contributed by atoms with van der Waals surface area (Å²) in [5.41, 5.74) is 2.55. The summed E-state index contributed by atoms with van der Waals surface area (Å²) in [6.45, 7) is 4.16. The molecule has 2 aromatic heterocycles. The third kappa shape index (κ3) is 3.65. The predicted molar refractivity (Wildman–Crippen MR) is 99.1 cm³/mol. The molecule has 0 bridgehead atoms. The predicted octanol–water partition coefficient (Wildman–Crippen LogP) is 3.50. The maximum absolute atomic E-state index is 12.5. The van der Waals surface area contributed by atoms with Crippen LogP contribution in [0.25, 0.3) is 11.3 Å². The van der Waals surface area contributed by atoms with Gasteiger partial charge in [-0.1, -0.05) is 18.0 Å². The number of carbonyl (C=O) groups excluding carboxylic acids is 1. The van der Waals surface area contributed by atoms with Crippen LogP contribution in [0, 0.1) is 0 Å². The van der Waals surface area contributed by atoms with Crippen LogP contribution in [-0.4, -0.2) is 42.1 Å². The van der Waals surface area contributed by atoms with Gasteiger partial charge in [-0.25, -0.2) is 0 Å². The zero-order valence-electron chi connectivity index (χ0n) is 14.6. The number of thiophene rings is 1. The second-order valence-electron chi connectivity index (χ2n) is 6.96. The van der Waals surface area contributed by atoms with Gasteiger partial charge in [-0.15, -0.1) is 11.3 Å². The highest BCUT2D eigenvalue weighted by Crippen LogP contribution is 2.37. The van der Waals surface area contributed by atoms with Gasteiger partial charge in [0, 0.05) is 22.5 Å². The van der Waals surface area contributed by atoms with Crippen LogP contribution in [0.3, 0.4) is 0 Å². The maximum Gasteiger partial charge on any atom is 0.273 e. The zero-order chi connectivity index (χ0) is 17.1. The molecule has 1 fully saturated rings. The van der Waals surface area contributed by atoms with Gasteiger partial charge in [-0.05, 0) is 63.2 Å². The quantitative estimate of drug-likeness (QED) is 0.830. The minimum absolute atomic E-state index is 0.0976. The van der Waals surface area contributed by atoms with Crippen LogP contribution in [-0.2, 0) is 12.8 Å². The number of rotatable bonds is 5. The summed E-state index contributed by atoms with van der Waals surface area (Å²) in [5, 5.41) is 9.16. The van der Waals surface area contributed by atoms with Gasteiger partial charge >= 0.3 is 0 Å². The van der Waals surface area contributed by atoms with E-state index in [0.717, 1.165) is 42.7 Å². The fraction of sp³-hybridized carbons (Fsp3) is 0.579. The van der Waals surface area contributed by atoms with E-state index in [0.29, 0.717) is 12.2 Å². The summed E-state index contributed by atoms with van der Waals surface area (Å²) in [6.07, 6.45) is 8.12. The third-order valence-corrected chi connectivity index (χ3v) is 6.21. The number of amides is 1. The monoisotopic (exact) mass is 359 g/mol. The third-order valence-electron chi connectivity index (χ3n) is 5.23. The fourth-order valence-electron chi connectivity index (χ4n) is 3.85. The summed E-state index contributed by atoms with van der Waals surface area (Å²) in [7, 11) is 0. The lowest BCUT2D eigenvalue weighted by atomic mass is 9.95. The van der Waals surface area contributed by atoms with Crippen LogP contribution < -0.4 is 5.32 Å². The summed E-state index contributed by atoms with van der Waals surface area (Å²) < 4.78 is 5.50. The average Bonchev–Trinajstić information content (AvgIpc) is 3.18. The molecule has 134 valence electrons. The van der Waals surface area contributed by atoms with Crippen LogP contribution in [0.2, 0.25) is 0 Å². The van der Waals surface area contributed by atoms with Gasteiger partial charge in [0.25, 0.3) is 5.91 Å². The van der Waals surface area contributed by atoms with Crippen LogP contribution in [0.5, 0.6) is 0 Å². The molecule has 4 rings (SSSR count). The minimum atomic E-state index is -0.0976. The Bertz CT molecular complexity index is 729. The Balaban J connectivity index is 1.31. The maximum atomic E-state index is 12.5. The minimum Gasteiger partial charge on any atom is -0.355 e. The van der Waals surface area contributed by atoms with E-state index in [1.807, 2.05) is 0 Å². The van der Waals surface area contributed by atoms with E-state index < -0.39 is 0 Å². The summed E-state index contributed by atoms with van der Waals surface area (Å²) in [5.74, 6) is 0.691. The smallest absolute Gasteiger partial charge is 0.273 e. The van der Waals surface area contributed by atoms with Gasteiger partial charge < -0.3 is 14.7 Å². The molecular formula is C19H25N3O2S. The van der Waals surface area contributed by atoms with Gasteiger partial charge in [-0.3, -0.25) is 4.79 Å². The van der Waals surface area contributed by atoms with E-state index in [1.54, 1.807) is 11.3 Å². The van der Waals surface area contributed by atoms with Crippen molar-refractivity contribution in [1.29, 1.82) is 0 Å². The molecule has 25 heavy (non-hydrogen) atoms. The number of hydrogen-bond donors (Lipinski definition) is 1. The molecule has 0 spiro atoms. The van der Waals surface area contributed by atoms with E-state index in [1.165, 1.54) is 43.6 Å². The number of nitrogens with one attached hydrogen (secondary N) is 1. The van der Waals surface area contributed by atoms with Crippen molar-refractivity contribution in [2.24, 2.45) is 0 Å². The summed E-state index contributed by atoms with van der Waals surface area (Å²) in [6, 6.07) is 2.06. The van der Waals surface area contributed by atoms with Gasteiger partial charge in [0.2, 0.25) is 0 Å². The van der Waals surface area contributed by atoms with Gasteiger partial charge in [0.15, 0.2) is 11.5 Å². The van der Waals surface area contributed by atoms with E-state index >= 15 is 0 Å². The number of carbonyl (C=O) groups is 1. The number of aromatic nitrogens is 1. The van der Waals surface area contributed by atoms with Crippen molar-refractivity contribution < 1.29 is 9.32 Å². The highest BCUT2D eigenvalue weighted by Gasteiger charge is 2.28. The molecule has 0 aromatic carbocycles. The molecular weight excluding hydrogens is 334 g/mol. The number of hydrogen-bond acceptors (Lipinski definition) is 5. The van der Waals surface area contributed by atoms with E-state index in [2.05, 4.69) is 26.8 Å². The first-order valence-electron chi connectivity index (χ1n) is 9.39. The first-order chi connectivity index (χ1) is 12.3. The topological polar surface area (TPSA) is 58.4 Å². The Kier molecular flexibility index (Phi) is 5.17. The van der Waals surface area contributed by atoms with Gasteiger partial charge in [0.05, 0.1) is 0 Å². The highest BCUT2D eigenvalue weighted by atomic mass is 32.1. The van der Waals surface area contributed by atoms with Crippen molar-refractivity contribution in [3.63, 3.8) is 0 Å². The second kappa shape index (κ2) is 7.70. The van der Waals surface area contributed by atoms with Gasteiger partial charge in [-0.2, -0.15) is 0 Å². The summed E-state index contributed by atoms with van der Waals surface area (Å²) in [4.78, 5) is 16.3. The molecule has 0 atom stereocenters. The van der Waals surface area contributed by atoms with Crippen molar-refractivity contribution in [3.8, 4) is 11.3 Å². The molecule has 1 saturated heterocycles. The Morgan fingerprint density at radius 1 is 1.24 bits per heavy atom. The molecule has 2 aromatic rings.